The Labute approximate surface area is 186 Å². The molecule has 3 rings (SSSR count). The van der Waals surface area contributed by atoms with E-state index in [9.17, 15) is 22.8 Å². The molecule has 0 aliphatic carbocycles. The van der Waals surface area contributed by atoms with E-state index in [0.717, 1.165) is 0 Å². The Morgan fingerprint density at radius 1 is 1.16 bits per heavy atom. The number of nitrogens with one attached hydrogen (secondary N) is 2. The smallest absolute Gasteiger partial charge is 0.338 e. The van der Waals surface area contributed by atoms with E-state index in [-0.39, 0.29) is 22.9 Å². The molecule has 1 aliphatic heterocycles. The highest BCUT2D eigenvalue weighted by molar-refractivity contribution is 7.89. The van der Waals surface area contributed by atoms with Gasteiger partial charge in [0.15, 0.2) is 6.10 Å². The van der Waals surface area contributed by atoms with E-state index < -0.39 is 33.5 Å². The Bertz CT molecular complexity index is 1180. The highest BCUT2D eigenvalue weighted by atomic mass is 32.2. The van der Waals surface area contributed by atoms with Gasteiger partial charge in [-0.05, 0) is 51.1 Å². The molecule has 0 spiro atoms. The predicted molar refractivity (Wildman–Crippen MR) is 119 cm³/mol. The molecular formula is C22H25N3O6S. The molecule has 9 nitrogen and oxygen atoms in total. The molecular weight excluding hydrogens is 434 g/mol. The number of carbonyl (C=O) groups is 3. The minimum atomic E-state index is -3.76. The van der Waals surface area contributed by atoms with Crippen molar-refractivity contribution in [3.63, 3.8) is 0 Å². The van der Waals surface area contributed by atoms with Crippen molar-refractivity contribution in [2.24, 2.45) is 0 Å². The summed E-state index contributed by atoms with van der Waals surface area (Å²) in [6, 6.07) is 12.2. The number of nitrogens with zero attached hydrogens (tertiary/aromatic N) is 1. The standard InChI is InChI=1S/C22H25N3O6S/c1-5-23-32(29,30)16-10-8-9-15(13-16)20(27)31-14(2)19(26)25-18-12-7-6-11-17(18)24-21(28)22(25,3)4/h6-14,23H,5H2,1-4H3,(H,24,28)/t14-/m0/s1. The Hall–Kier alpha value is -3.24. The van der Waals surface area contributed by atoms with Crippen LogP contribution in [0.3, 0.4) is 0 Å². The Morgan fingerprint density at radius 2 is 1.84 bits per heavy atom. The number of sulfonamides is 1. The number of esters is 1. The van der Waals surface area contributed by atoms with E-state index in [1.165, 1.54) is 36.1 Å². The fourth-order valence-corrected chi connectivity index (χ4v) is 4.46. The molecule has 0 unspecified atom stereocenters. The van der Waals surface area contributed by atoms with Gasteiger partial charge in [0.25, 0.3) is 5.91 Å². The van der Waals surface area contributed by atoms with Gasteiger partial charge in [0, 0.05) is 6.54 Å². The van der Waals surface area contributed by atoms with E-state index in [4.69, 9.17) is 4.74 Å². The van der Waals surface area contributed by atoms with Gasteiger partial charge in [0.1, 0.15) is 5.54 Å². The van der Waals surface area contributed by atoms with Crippen molar-refractivity contribution in [3.8, 4) is 0 Å². The number of hydrogen-bond donors (Lipinski definition) is 2. The van der Waals surface area contributed by atoms with Crippen LogP contribution in [0, 0.1) is 0 Å². The quantitative estimate of drug-likeness (QED) is 0.639. The summed E-state index contributed by atoms with van der Waals surface area (Å²) in [5.74, 6) is -1.81. The van der Waals surface area contributed by atoms with Gasteiger partial charge in [-0.2, -0.15) is 0 Å². The summed E-state index contributed by atoms with van der Waals surface area (Å²) < 4.78 is 32.1. The third-order valence-electron chi connectivity index (χ3n) is 5.07. The molecule has 1 aliphatic rings. The summed E-state index contributed by atoms with van der Waals surface area (Å²) in [7, 11) is -3.76. The van der Waals surface area contributed by atoms with Gasteiger partial charge in [0.2, 0.25) is 15.9 Å². The molecule has 2 aromatic rings. The van der Waals surface area contributed by atoms with Crippen LogP contribution < -0.4 is 14.9 Å². The maximum absolute atomic E-state index is 13.3. The zero-order chi connectivity index (χ0) is 23.7. The molecule has 0 aromatic heterocycles. The second-order valence-electron chi connectivity index (χ2n) is 7.78. The maximum Gasteiger partial charge on any atom is 0.338 e. The molecule has 0 bridgehead atoms. The number of anilines is 2. The van der Waals surface area contributed by atoms with Crippen LogP contribution in [-0.4, -0.2) is 44.4 Å². The molecule has 0 saturated heterocycles. The van der Waals surface area contributed by atoms with Crippen molar-refractivity contribution in [2.75, 3.05) is 16.8 Å². The summed E-state index contributed by atoms with van der Waals surface area (Å²) >= 11 is 0. The Kier molecular flexibility index (Phi) is 6.38. The van der Waals surface area contributed by atoms with Crippen LogP contribution in [0.1, 0.15) is 38.1 Å². The second-order valence-corrected chi connectivity index (χ2v) is 9.55. The number of rotatable bonds is 6. The van der Waals surface area contributed by atoms with Crippen LogP contribution in [0.5, 0.6) is 0 Å². The van der Waals surface area contributed by atoms with Crippen molar-refractivity contribution in [1.82, 2.24) is 4.72 Å². The van der Waals surface area contributed by atoms with Gasteiger partial charge in [-0.1, -0.05) is 25.1 Å². The molecule has 1 atom stereocenters. The fourth-order valence-electron chi connectivity index (χ4n) is 3.37. The molecule has 0 saturated carbocycles. The molecule has 2 N–H and O–H groups in total. The first-order chi connectivity index (χ1) is 15.0. The van der Waals surface area contributed by atoms with Gasteiger partial charge in [-0.3, -0.25) is 14.5 Å². The van der Waals surface area contributed by atoms with Gasteiger partial charge < -0.3 is 10.1 Å². The lowest BCUT2D eigenvalue weighted by Crippen LogP contribution is -2.60. The Morgan fingerprint density at radius 3 is 2.53 bits per heavy atom. The number of carbonyl (C=O) groups excluding carboxylic acids is 3. The zero-order valence-electron chi connectivity index (χ0n) is 18.2. The van der Waals surface area contributed by atoms with E-state index in [1.54, 1.807) is 45.0 Å². The molecule has 10 heteroatoms. The number of para-hydroxylation sites is 2. The molecule has 32 heavy (non-hydrogen) atoms. The monoisotopic (exact) mass is 459 g/mol. The lowest BCUT2D eigenvalue weighted by molar-refractivity contribution is -0.131. The number of hydrogen-bond acceptors (Lipinski definition) is 6. The minimum Gasteiger partial charge on any atom is -0.449 e. The number of ether oxygens (including phenoxy) is 1. The van der Waals surface area contributed by atoms with Crippen LogP contribution in [0.25, 0.3) is 0 Å². The van der Waals surface area contributed by atoms with Crippen molar-refractivity contribution >= 4 is 39.2 Å². The number of amides is 2. The number of fused-ring (bicyclic) bond motifs is 1. The van der Waals surface area contributed by atoms with Crippen molar-refractivity contribution in [2.45, 2.75) is 44.2 Å². The van der Waals surface area contributed by atoms with E-state index in [1.807, 2.05) is 0 Å². The molecule has 170 valence electrons. The summed E-state index contributed by atoms with van der Waals surface area (Å²) in [6.07, 6.45) is -1.23. The van der Waals surface area contributed by atoms with Crippen molar-refractivity contribution in [3.05, 3.63) is 54.1 Å². The fraction of sp³-hybridized carbons (Fsp3) is 0.318. The van der Waals surface area contributed by atoms with Crippen LogP contribution in [-0.2, 0) is 24.3 Å². The van der Waals surface area contributed by atoms with Crippen molar-refractivity contribution < 1.29 is 27.5 Å². The summed E-state index contributed by atoms with van der Waals surface area (Å²) in [6.45, 7) is 6.44. The van der Waals surface area contributed by atoms with Crippen molar-refractivity contribution in [1.29, 1.82) is 0 Å². The predicted octanol–water partition coefficient (Wildman–Crippen LogP) is 2.29. The largest absolute Gasteiger partial charge is 0.449 e. The van der Waals surface area contributed by atoms with Crippen LogP contribution in [0.2, 0.25) is 0 Å². The van der Waals surface area contributed by atoms with E-state index in [0.29, 0.717) is 11.4 Å². The molecule has 1 heterocycles. The zero-order valence-corrected chi connectivity index (χ0v) is 19.0. The van der Waals surface area contributed by atoms with Gasteiger partial charge in [0.05, 0.1) is 21.8 Å². The second kappa shape index (κ2) is 8.71. The topological polar surface area (TPSA) is 122 Å². The summed E-state index contributed by atoms with van der Waals surface area (Å²) in [5.41, 5.74) is -0.264. The first kappa shape index (κ1) is 23.4. The maximum atomic E-state index is 13.3. The first-order valence-corrected chi connectivity index (χ1v) is 11.5. The van der Waals surface area contributed by atoms with E-state index in [2.05, 4.69) is 10.0 Å². The van der Waals surface area contributed by atoms with Crippen LogP contribution >= 0.6 is 0 Å². The molecule has 2 amide bonds. The highest BCUT2D eigenvalue weighted by Crippen LogP contribution is 2.37. The average molecular weight is 460 g/mol. The summed E-state index contributed by atoms with van der Waals surface area (Å²) in [5, 5.41) is 2.77. The third kappa shape index (κ3) is 4.37. The van der Waals surface area contributed by atoms with Gasteiger partial charge >= 0.3 is 5.97 Å². The SMILES string of the molecule is CCNS(=O)(=O)c1cccc(C(=O)O[C@@H](C)C(=O)N2c3ccccc3NC(=O)C2(C)C)c1. The molecule has 2 aromatic carbocycles. The van der Waals surface area contributed by atoms with E-state index >= 15 is 0 Å². The van der Waals surface area contributed by atoms with Gasteiger partial charge in [-0.25, -0.2) is 17.9 Å². The van der Waals surface area contributed by atoms with Crippen LogP contribution in [0.15, 0.2) is 53.4 Å². The minimum absolute atomic E-state index is 0.0142. The molecule has 0 fully saturated rings. The van der Waals surface area contributed by atoms with Crippen LogP contribution in [0.4, 0.5) is 11.4 Å². The molecule has 0 radical (unpaired) electrons. The Balaban J connectivity index is 1.85. The third-order valence-corrected chi connectivity index (χ3v) is 6.62. The lowest BCUT2D eigenvalue weighted by atomic mass is 9.95. The first-order valence-electron chi connectivity index (χ1n) is 10.0. The highest BCUT2D eigenvalue weighted by Gasteiger charge is 2.45. The lowest BCUT2D eigenvalue weighted by Gasteiger charge is -2.42. The average Bonchev–Trinajstić information content (AvgIpc) is 2.74. The normalized spacial score (nSPS) is 16.0. The number of benzene rings is 2. The van der Waals surface area contributed by atoms with Gasteiger partial charge in [-0.15, -0.1) is 0 Å². The summed E-state index contributed by atoms with van der Waals surface area (Å²) in [4.78, 5) is 39.7.